The Bertz CT molecular complexity index is 1020. The third kappa shape index (κ3) is 4.71. The first-order chi connectivity index (χ1) is 14.3. The minimum Gasteiger partial charge on any atom is -0.466 e. The van der Waals surface area contributed by atoms with Gasteiger partial charge in [0.25, 0.3) is 5.91 Å². The van der Waals surface area contributed by atoms with Crippen molar-refractivity contribution in [3.05, 3.63) is 35.4 Å². The highest BCUT2D eigenvalue weighted by molar-refractivity contribution is 6.06. The summed E-state index contributed by atoms with van der Waals surface area (Å²) >= 11 is 0. The van der Waals surface area contributed by atoms with E-state index in [-0.39, 0.29) is 11.9 Å². The second kappa shape index (κ2) is 9.40. The maximum atomic E-state index is 13.1. The van der Waals surface area contributed by atoms with Gasteiger partial charge in [-0.2, -0.15) is 5.10 Å². The van der Waals surface area contributed by atoms with E-state index in [1.807, 2.05) is 51.6 Å². The molecule has 0 saturated carbocycles. The van der Waals surface area contributed by atoms with Crippen LogP contribution in [0.25, 0.3) is 22.3 Å². The zero-order valence-electron chi connectivity index (χ0n) is 18.7. The molecule has 0 aliphatic rings. The Balaban J connectivity index is 1.92. The van der Waals surface area contributed by atoms with E-state index in [4.69, 9.17) is 14.1 Å². The van der Waals surface area contributed by atoms with Crippen molar-refractivity contribution in [1.82, 2.24) is 25.0 Å². The first kappa shape index (κ1) is 22.0. The highest BCUT2D eigenvalue weighted by atomic mass is 16.5. The smallest absolute Gasteiger partial charge is 0.252 e. The van der Waals surface area contributed by atoms with Gasteiger partial charge in [0.15, 0.2) is 5.65 Å². The summed E-state index contributed by atoms with van der Waals surface area (Å²) in [5.41, 5.74) is 2.86. The fourth-order valence-electron chi connectivity index (χ4n) is 3.42. The van der Waals surface area contributed by atoms with Crippen molar-refractivity contribution in [2.24, 2.45) is 0 Å². The molecule has 162 valence electrons. The summed E-state index contributed by atoms with van der Waals surface area (Å²) in [4.78, 5) is 20.0. The molecule has 8 nitrogen and oxygen atoms in total. The van der Waals surface area contributed by atoms with Crippen LogP contribution in [0.2, 0.25) is 0 Å². The summed E-state index contributed by atoms with van der Waals surface area (Å²) in [7, 11) is 3.69. The molecule has 3 rings (SSSR count). The lowest BCUT2D eigenvalue weighted by Gasteiger charge is -2.16. The number of aryl methyl sites for hydroxylation is 2. The minimum absolute atomic E-state index is 0.128. The van der Waals surface area contributed by atoms with Crippen molar-refractivity contribution >= 4 is 16.9 Å². The molecule has 0 fully saturated rings. The van der Waals surface area contributed by atoms with Crippen molar-refractivity contribution in [2.75, 3.05) is 40.4 Å². The van der Waals surface area contributed by atoms with Gasteiger partial charge in [-0.05, 0) is 46.9 Å². The van der Waals surface area contributed by atoms with Crippen LogP contribution in [-0.2, 0) is 4.74 Å². The van der Waals surface area contributed by atoms with Gasteiger partial charge in [0, 0.05) is 38.3 Å². The molecular formula is C22H31N5O3. The number of ether oxygens (including phenoxy) is 1. The summed E-state index contributed by atoms with van der Waals surface area (Å²) < 4.78 is 12.6. The van der Waals surface area contributed by atoms with Gasteiger partial charge in [-0.1, -0.05) is 0 Å². The SMILES string of the molecule is COCCN(C)CCNC(=O)c1cc(-c2cc(C)oc2C)nc2c1cnn2C(C)C. The number of aromatic nitrogens is 3. The van der Waals surface area contributed by atoms with E-state index in [2.05, 4.69) is 15.3 Å². The van der Waals surface area contributed by atoms with Crippen LogP contribution in [0.15, 0.2) is 22.7 Å². The second-order valence-electron chi connectivity index (χ2n) is 7.85. The molecule has 0 aliphatic carbocycles. The monoisotopic (exact) mass is 413 g/mol. The molecule has 3 aromatic heterocycles. The zero-order valence-corrected chi connectivity index (χ0v) is 18.7. The Kier molecular flexibility index (Phi) is 6.89. The van der Waals surface area contributed by atoms with Gasteiger partial charge in [-0.15, -0.1) is 0 Å². The summed E-state index contributed by atoms with van der Waals surface area (Å²) in [5.74, 6) is 1.46. The number of hydrogen-bond acceptors (Lipinski definition) is 6. The lowest BCUT2D eigenvalue weighted by Crippen LogP contribution is -2.34. The molecule has 0 atom stereocenters. The number of carbonyl (C=O) groups excluding carboxylic acids is 1. The number of fused-ring (bicyclic) bond motifs is 1. The number of pyridine rings is 1. The van der Waals surface area contributed by atoms with Crippen molar-refractivity contribution in [3.8, 4) is 11.3 Å². The number of methoxy groups -OCH3 is 1. The molecular weight excluding hydrogens is 382 g/mol. The first-order valence-electron chi connectivity index (χ1n) is 10.2. The fourth-order valence-corrected chi connectivity index (χ4v) is 3.42. The summed E-state index contributed by atoms with van der Waals surface area (Å²) in [6.07, 6.45) is 1.72. The molecule has 0 bridgehead atoms. The molecule has 0 aliphatic heterocycles. The molecule has 3 aromatic rings. The molecule has 0 saturated heterocycles. The average Bonchev–Trinajstić information content (AvgIpc) is 3.27. The number of likely N-dealkylation sites (N-methyl/N-ethyl adjacent to an activating group) is 1. The third-order valence-electron chi connectivity index (χ3n) is 5.07. The van der Waals surface area contributed by atoms with Gasteiger partial charge in [0.05, 0.1) is 29.4 Å². The fraction of sp³-hybridized carbons (Fsp3) is 0.500. The van der Waals surface area contributed by atoms with Gasteiger partial charge in [0.2, 0.25) is 0 Å². The van der Waals surface area contributed by atoms with Gasteiger partial charge in [-0.25, -0.2) is 9.67 Å². The van der Waals surface area contributed by atoms with Gasteiger partial charge >= 0.3 is 0 Å². The molecule has 0 spiro atoms. The molecule has 0 aromatic carbocycles. The summed E-state index contributed by atoms with van der Waals surface area (Å²) in [5, 5.41) is 8.24. The average molecular weight is 414 g/mol. The number of amides is 1. The van der Waals surface area contributed by atoms with Crippen molar-refractivity contribution in [1.29, 1.82) is 0 Å². The topological polar surface area (TPSA) is 85.4 Å². The number of carbonyl (C=O) groups is 1. The maximum Gasteiger partial charge on any atom is 0.252 e. The van der Waals surface area contributed by atoms with E-state index in [9.17, 15) is 4.79 Å². The number of nitrogens with zero attached hydrogens (tertiary/aromatic N) is 4. The Labute approximate surface area is 177 Å². The zero-order chi connectivity index (χ0) is 21.8. The first-order valence-corrected chi connectivity index (χ1v) is 10.2. The van der Waals surface area contributed by atoms with Crippen molar-refractivity contribution in [2.45, 2.75) is 33.7 Å². The second-order valence-corrected chi connectivity index (χ2v) is 7.85. The maximum absolute atomic E-state index is 13.1. The lowest BCUT2D eigenvalue weighted by atomic mass is 10.1. The van der Waals surface area contributed by atoms with Crippen LogP contribution in [0.4, 0.5) is 0 Å². The highest BCUT2D eigenvalue weighted by Crippen LogP contribution is 2.30. The Morgan fingerprint density at radius 2 is 2.07 bits per heavy atom. The Morgan fingerprint density at radius 1 is 1.30 bits per heavy atom. The normalized spacial score (nSPS) is 11.7. The molecule has 0 unspecified atom stereocenters. The molecule has 3 heterocycles. The van der Waals surface area contributed by atoms with Gasteiger partial charge < -0.3 is 19.4 Å². The highest BCUT2D eigenvalue weighted by Gasteiger charge is 2.20. The largest absolute Gasteiger partial charge is 0.466 e. The van der Waals surface area contributed by atoms with Crippen LogP contribution in [0.1, 0.15) is 41.8 Å². The molecule has 30 heavy (non-hydrogen) atoms. The van der Waals surface area contributed by atoms with Gasteiger partial charge in [-0.3, -0.25) is 4.79 Å². The lowest BCUT2D eigenvalue weighted by molar-refractivity contribution is 0.0949. The summed E-state index contributed by atoms with van der Waals surface area (Å²) in [6, 6.07) is 3.91. The number of nitrogens with one attached hydrogen (secondary N) is 1. The van der Waals surface area contributed by atoms with Crippen molar-refractivity contribution in [3.63, 3.8) is 0 Å². The molecule has 1 amide bonds. The predicted octanol–water partition coefficient (Wildman–Crippen LogP) is 3.20. The Hall–Kier alpha value is -2.71. The number of furan rings is 1. The van der Waals surface area contributed by atoms with E-state index in [1.54, 1.807) is 13.3 Å². The van der Waals surface area contributed by atoms with Crippen LogP contribution >= 0.6 is 0 Å². The van der Waals surface area contributed by atoms with Crippen molar-refractivity contribution < 1.29 is 13.9 Å². The van der Waals surface area contributed by atoms with E-state index in [0.717, 1.165) is 35.6 Å². The molecule has 8 heteroatoms. The van der Waals surface area contributed by atoms with Crippen LogP contribution in [-0.4, -0.2) is 66.0 Å². The van der Waals surface area contributed by atoms with Crippen LogP contribution < -0.4 is 5.32 Å². The van der Waals surface area contributed by atoms with Crippen LogP contribution in [0.5, 0.6) is 0 Å². The quantitative estimate of drug-likeness (QED) is 0.580. The predicted molar refractivity (Wildman–Crippen MR) is 117 cm³/mol. The number of rotatable bonds is 9. The number of hydrogen-bond donors (Lipinski definition) is 1. The third-order valence-corrected chi connectivity index (χ3v) is 5.07. The van der Waals surface area contributed by atoms with E-state index >= 15 is 0 Å². The van der Waals surface area contributed by atoms with E-state index < -0.39 is 0 Å². The van der Waals surface area contributed by atoms with E-state index in [1.165, 1.54) is 0 Å². The summed E-state index contributed by atoms with van der Waals surface area (Å²) in [6.45, 7) is 10.7. The standard InChI is InChI=1S/C22H31N5O3/c1-14(2)27-21-19(13-24-27)18(22(28)23-7-8-26(5)9-10-29-6)12-20(25-21)17-11-15(3)30-16(17)4/h11-14H,7-10H2,1-6H3,(H,23,28). The van der Waals surface area contributed by atoms with E-state index in [0.29, 0.717) is 30.1 Å². The molecule has 1 N–H and O–H groups in total. The van der Waals surface area contributed by atoms with Gasteiger partial charge in [0.1, 0.15) is 11.5 Å². The minimum atomic E-state index is -0.134. The molecule has 0 radical (unpaired) electrons. The van der Waals surface area contributed by atoms with Crippen LogP contribution in [0.3, 0.4) is 0 Å². The Morgan fingerprint density at radius 3 is 2.70 bits per heavy atom. The van der Waals surface area contributed by atoms with Crippen LogP contribution in [0, 0.1) is 13.8 Å².